The first-order chi connectivity index (χ1) is 14.6. The summed E-state index contributed by atoms with van der Waals surface area (Å²) in [7, 11) is 0. The summed E-state index contributed by atoms with van der Waals surface area (Å²) in [6, 6.07) is 0. The molecule has 0 nitrogen and oxygen atoms in total. The smallest absolute Gasteiger partial charge is 0.250 e. The Kier molecular flexibility index (Phi) is 49.7. The molecule has 0 fully saturated rings. The van der Waals surface area contributed by atoms with Gasteiger partial charge in [-0.25, -0.2) is 39.5 Å². The van der Waals surface area contributed by atoms with Crippen molar-refractivity contribution in [3.05, 3.63) is 0 Å². The van der Waals surface area contributed by atoms with Gasteiger partial charge in [0, 0.05) is 3.92 Å². The van der Waals surface area contributed by atoms with Gasteiger partial charge >= 0.3 is 12.4 Å². The van der Waals surface area contributed by atoms with Gasteiger partial charge in [-0.15, -0.1) is 0 Å². The van der Waals surface area contributed by atoms with Crippen molar-refractivity contribution in [3.8, 4) is 0 Å². The van der Waals surface area contributed by atoms with E-state index in [2.05, 4.69) is 0 Å². The Hall–Kier alpha value is -0.390. The molecule has 0 saturated carbocycles. The van der Waals surface area contributed by atoms with Gasteiger partial charge < -0.3 is 0 Å². The third-order valence-corrected chi connectivity index (χ3v) is 3.34. The largest absolute Gasteiger partial charge is 0.416 e. The lowest BCUT2D eigenvalue weighted by Gasteiger charge is -2.19. The summed E-state index contributed by atoms with van der Waals surface area (Å²) in [6.45, 7) is -8.54. The average molecular weight is 636 g/mol. The molecular weight excluding hydrogens is 611 g/mol. The van der Waals surface area contributed by atoms with Gasteiger partial charge in [0.1, 0.15) is 6.67 Å². The molecule has 0 amide bonds. The van der Waals surface area contributed by atoms with Gasteiger partial charge in [0.15, 0.2) is 6.67 Å². The minimum atomic E-state index is -4.62. The molecule has 0 saturated heterocycles. The first-order valence-electron chi connectivity index (χ1n) is 8.01. The van der Waals surface area contributed by atoms with Crippen LogP contribution in [0.5, 0.6) is 0 Å². The molecule has 0 heterocycles. The van der Waals surface area contributed by atoms with E-state index in [0.29, 0.717) is 0 Å². The van der Waals surface area contributed by atoms with E-state index in [4.69, 9.17) is 0 Å². The standard InChI is InChI=1S/C9H15F4I.C2H2F4.4CH2F2/c1-2-3-4-8(14)5-7(6-10)9(11,12)13;3-1-2(4,5)6;4*2-1-3/h7-8H,2-6H2,1H3;1H2;4*1H2. The molecule has 17 heteroatoms. The van der Waals surface area contributed by atoms with Crippen LogP contribution in [0.4, 0.5) is 70.2 Å². The fourth-order valence-corrected chi connectivity index (χ4v) is 2.19. The van der Waals surface area contributed by atoms with Crippen LogP contribution in [0.2, 0.25) is 0 Å². The molecule has 0 N–H and O–H groups in total. The molecule has 2 unspecified atom stereocenters. The van der Waals surface area contributed by atoms with Gasteiger partial charge in [0.05, 0.1) is 5.92 Å². The van der Waals surface area contributed by atoms with E-state index in [1.807, 2.05) is 29.5 Å². The number of unbranched alkanes of at least 4 members (excludes halogenated alkanes) is 1. The molecule has 0 aliphatic rings. The van der Waals surface area contributed by atoms with Crippen molar-refractivity contribution in [1.29, 1.82) is 0 Å². The molecule has 0 spiro atoms. The molecule has 0 aliphatic heterocycles. The van der Waals surface area contributed by atoms with Crippen LogP contribution in [-0.2, 0) is 0 Å². The quantitative estimate of drug-likeness (QED) is 0.155. The van der Waals surface area contributed by atoms with Gasteiger partial charge in [0.25, 0.3) is 0 Å². The van der Waals surface area contributed by atoms with Crippen LogP contribution >= 0.6 is 22.6 Å². The second-order valence-electron chi connectivity index (χ2n) is 4.52. The molecule has 0 aromatic rings. The Morgan fingerprint density at radius 3 is 1.09 bits per heavy atom. The van der Waals surface area contributed by atoms with Crippen LogP contribution in [0.1, 0.15) is 32.6 Å². The van der Waals surface area contributed by atoms with E-state index in [1.165, 1.54) is 0 Å². The number of rotatable bonds is 6. The Morgan fingerprint density at radius 2 is 0.938 bits per heavy atom. The summed E-state index contributed by atoms with van der Waals surface area (Å²) < 4.78 is 167. The molecule has 2 atom stereocenters. The summed E-state index contributed by atoms with van der Waals surface area (Å²) in [5.41, 5.74) is 0. The zero-order valence-corrected chi connectivity index (χ0v) is 18.8. The van der Waals surface area contributed by atoms with Crippen molar-refractivity contribution in [1.82, 2.24) is 0 Å². The van der Waals surface area contributed by atoms with E-state index in [9.17, 15) is 70.2 Å². The van der Waals surface area contributed by atoms with Gasteiger partial charge in [-0.1, -0.05) is 42.4 Å². The Balaban J connectivity index is -0.0000000774. The zero-order chi connectivity index (χ0) is 27.2. The maximum absolute atomic E-state index is 12.2. The summed E-state index contributed by atoms with van der Waals surface area (Å²) in [6.07, 6.45) is -6.50. The van der Waals surface area contributed by atoms with Gasteiger partial charge in [0.2, 0.25) is 27.7 Å². The highest BCUT2D eigenvalue weighted by Gasteiger charge is 2.40. The van der Waals surface area contributed by atoms with E-state index < -0.39 is 59.3 Å². The maximum atomic E-state index is 12.2. The monoisotopic (exact) mass is 636 g/mol. The second-order valence-corrected chi connectivity index (χ2v) is 6.28. The van der Waals surface area contributed by atoms with Gasteiger partial charge in [-0.2, -0.15) is 26.3 Å². The highest BCUT2D eigenvalue weighted by Crippen LogP contribution is 2.33. The zero-order valence-electron chi connectivity index (χ0n) is 16.7. The van der Waals surface area contributed by atoms with Crippen LogP contribution < -0.4 is 0 Å². The average Bonchev–Trinajstić information content (AvgIpc) is 2.66. The molecule has 0 aromatic heterocycles. The van der Waals surface area contributed by atoms with Crippen LogP contribution in [0.15, 0.2) is 0 Å². The van der Waals surface area contributed by atoms with Gasteiger partial charge in [-0.3, -0.25) is 4.39 Å². The van der Waals surface area contributed by atoms with Crippen molar-refractivity contribution in [2.45, 2.75) is 48.9 Å². The molecule has 204 valence electrons. The van der Waals surface area contributed by atoms with Crippen molar-refractivity contribution < 1.29 is 70.2 Å². The van der Waals surface area contributed by atoms with Crippen LogP contribution in [0, 0.1) is 5.92 Å². The summed E-state index contributed by atoms with van der Waals surface area (Å²) in [5.74, 6) is -1.78. The summed E-state index contributed by atoms with van der Waals surface area (Å²) in [4.78, 5) is 0. The minimum Gasteiger partial charge on any atom is -0.250 e. The second kappa shape index (κ2) is 35.2. The minimum absolute atomic E-state index is 0.0741. The molecule has 0 bridgehead atoms. The summed E-state index contributed by atoms with van der Waals surface area (Å²) >= 11 is 1.98. The number of alkyl halides is 17. The topological polar surface area (TPSA) is 0 Å². The van der Waals surface area contributed by atoms with Crippen LogP contribution in [0.25, 0.3) is 0 Å². The fourth-order valence-electron chi connectivity index (χ4n) is 1.14. The van der Waals surface area contributed by atoms with E-state index >= 15 is 0 Å². The van der Waals surface area contributed by atoms with Crippen molar-refractivity contribution >= 4 is 22.6 Å². The van der Waals surface area contributed by atoms with Crippen molar-refractivity contribution in [3.63, 3.8) is 0 Å². The van der Waals surface area contributed by atoms with Crippen molar-refractivity contribution in [2.75, 3.05) is 41.1 Å². The van der Waals surface area contributed by atoms with E-state index in [-0.39, 0.29) is 10.3 Å². The normalized spacial score (nSPS) is 11.8. The maximum Gasteiger partial charge on any atom is 0.416 e. The molecule has 0 radical (unpaired) electrons. The predicted molar refractivity (Wildman–Crippen MR) is 97.8 cm³/mol. The number of hydrogen-bond acceptors (Lipinski definition) is 0. The Labute approximate surface area is 189 Å². The Morgan fingerprint density at radius 1 is 0.656 bits per heavy atom. The van der Waals surface area contributed by atoms with E-state index in [0.717, 1.165) is 19.3 Å². The number of halogens is 17. The van der Waals surface area contributed by atoms with E-state index in [1.54, 1.807) is 0 Å². The fraction of sp³-hybridized carbons (Fsp3) is 1.00. The molecule has 0 aromatic carbocycles. The number of hydrogen-bond donors (Lipinski definition) is 0. The molecule has 0 rings (SSSR count). The third-order valence-electron chi connectivity index (χ3n) is 2.21. The highest BCUT2D eigenvalue weighted by molar-refractivity contribution is 14.1. The predicted octanol–water partition coefficient (Wildman–Crippen LogP) is 9.57. The lowest BCUT2D eigenvalue weighted by Crippen LogP contribution is -2.27. The molecule has 32 heavy (non-hydrogen) atoms. The van der Waals surface area contributed by atoms with Crippen LogP contribution in [-0.4, -0.2) is 57.3 Å². The lowest BCUT2D eigenvalue weighted by atomic mass is 10.0. The Bertz CT molecular complexity index is 280. The highest BCUT2D eigenvalue weighted by atomic mass is 127. The summed E-state index contributed by atoms with van der Waals surface area (Å²) in [5, 5.41) is 0. The van der Waals surface area contributed by atoms with Crippen LogP contribution in [0.3, 0.4) is 0 Å². The lowest BCUT2D eigenvalue weighted by molar-refractivity contribution is -0.179. The third kappa shape index (κ3) is 70.0. The van der Waals surface area contributed by atoms with Crippen molar-refractivity contribution in [2.24, 2.45) is 5.92 Å². The first kappa shape index (κ1) is 45.2. The molecular formula is C15H25F16I. The van der Waals surface area contributed by atoms with Gasteiger partial charge in [-0.05, 0) is 12.8 Å². The first-order valence-corrected chi connectivity index (χ1v) is 9.25. The molecule has 0 aliphatic carbocycles. The SMILES string of the molecule is CCCCC(I)CC(CF)C(F)(F)F.FCC(F)(F)F.FCF.FCF.FCF.FCF.